The Morgan fingerprint density at radius 3 is 2.49 bits per heavy atom. The third-order valence-corrected chi connectivity index (χ3v) is 6.91. The predicted molar refractivity (Wildman–Crippen MR) is 146 cm³/mol. The number of aryl methyl sites for hydroxylation is 1. The second-order valence-electron chi connectivity index (χ2n) is 8.59. The molecule has 0 amide bonds. The number of nitrogens with zero attached hydrogens (tertiary/aromatic N) is 5. The second-order valence-corrected chi connectivity index (χ2v) is 9.59. The van der Waals surface area contributed by atoms with Crippen LogP contribution < -0.4 is 14.8 Å². The number of ether oxygens (including phenoxy) is 1. The highest BCUT2D eigenvalue weighted by Crippen LogP contribution is 2.27. The van der Waals surface area contributed by atoms with Crippen LogP contribution in [0, 0.1) is 6.92 Å². The molecule has 0 radical (unpaired) electrons. The average molecular weight is 506 g/mol. The summed E-state index contributed by atoms with van der Waals surface area (Å²) in [5.41, 5.74) is 5.27. The Hall–Kier alpha value is -4.56. The van der Waals surface area contributed by atoms with Gasteiger partial charge < -0.3 is 4.74 Å². The first kappa shape index (κ1) is 22.9. The summed E-state index contributed by atoms with van der Waals surface area (Å²) in [5, 5.41) is 9.36. The SMILES string of the molecule is CCOc1ccc(-c2nn(-c3ccccc3)cc2/C=c2\sc3nc(-c4cccc(C)c4)nn3c2=O)cc1. The number of para-hydroxylation sites is 1. The molecule has 0 N–H and O–H groups in total. The second kappa shape index (κ2) is 9.48. The van der Waals surface area contributed by atoms with E-state index in [-0.39, 0.29) is 5.56 Å². The van der Waals surface area contributed by atoms with Crippen LogP contribution in [-0.4, -0.2) is 31.0 Å². The third kappa shape index (κ3) is 4.43. The number of hydrogen-bond acceptors (Lipinski definition) is 6. The van der Waals surface area contributed by atoms with Gasteiger partial charge in [0.1, 0.15) is 11.4 Å². The van der Waals surface area contributed by atoms with Gasteiger partial charge in [0, 0.05) is 22.9 Å². The molecule has 182 valence electrons. The number of thiazole rings is 1. The molecule has 6 rings (SSSR count). The van der Waals surface area contributed by atoms with Crippen molar-refractivity contribution in [2.45, 2.75) is 13.8 Å². The normalized spacial score (nSPS) is 11.9. The zero-order chi connectivity index (χ0) is 25.4. The quantitative estimate of drug-likeness (QED) is 0.321. The van der Waals surface area contributed by atoms with Gasteiger partial charge in [-0.25, -0.2) is 4.68 Å². The van der Waals surface area contributed by atoms with E-state index in [1.807, 2.05) is 110 Å². The Kier molecular flexibility index (Phi) is 5.86. The van der Waals surface area contributed by atoms with E-state index in [2.05, 4.69) is 10.1 Å². The molecule has 3 heterocycles. The first-order valence-corrected chi connectivity index (χ1v) is 12.8. The number of hydrogen-bond donors (Lipinski definition) is 0. The van der Waals surface area contributed by atoms with Gasteiger partial charge in [0.05, 0.1) is 16.8 Å². The fourth-order valence-corrected chi connectivity index (χ4v) is 5.09. The third-order valence-electron chi connectivity index (χ3n) is 5.95. The lowest BCUT2D eigenvalue weighted by atomic mass is 10.1. The molecule has 0 aliphatic carbocycles. The van der Waals surface area contributed by atoms with Crippen LogP contribution in [0.2, 0.25) is 0 Å². The van der Waals surface area contributed by atoms with Gasteiger partial charge in [0.15, 0.2) is 5.82 Å². The Labute approximate surface area is 216 Å². The fraction of sp³-hybridized carbons (Fsp3) is 0.103. The molecule has 0 unspecified atom stereocenters. The van der Waals surface area contributed by atoms with Gasteiger partial charge in [0.2, 0.25) is 4.96 Å². The maximum atomic E-state index is 13.3. The van der Waals surface area contributed by atoms with Crippen LogP contribution in [0.3, 0.4) is 0 Å². The summed E-state index contributed by atoms with van der Waals surface area (Å²) < 4.78 is 9.35. The summed E-state index contributed by atoms with van der Waals surface area (Å²) in [5.74, 6) is 1.35. The van der Waals surface area contributed by atoms with Crippen LogP contribution in [0.1, 0.15) is 18.1 Å². The molecule has 0 atom stereocenters. The molecule has 0 saturated heterocycles. The lowest BCUT2D eigenvalue weighted by Gasteiger charge is -2.04. The first-order chi connectivity index (χ1) is 18.1. The van der Waals surface area contributed by atoms with E-state index in [4.69, 9.17) is 9.84 Å². The summed E-state index contributed by atoms with van der Waals surface area (Å²) in [6.07, 6.45) is 3.81. The van der Waals surface area contributed by atoms with E-state index in [1.54, 1.807) is 0 Å². The van der Waals surface area contributed by atoms with Gasteiger partial charge in [0.25, 0.3) is 5.56 Å². The van der Waals surface area contributed by atoms with E-state index < -0.39 is 0 Å². The Morgan fingerprint density at radius 2 is 1.76 bits per heavy atom. The van der Waals surface area contributed by atoms with Crippen molar-refractivity contribution in [1.29, 1.82) is 0 Å². The molecular formula is C29H23N5O2S. The summed E-state index contributed by atoms with van der Waals surface area (Å²) >= 11 is 1.32. The predicted octanol–water partition coefficient (Wildman–Crippen LogP) is 4.93. The van der Waals surface area contributed by atoms with Crippen molar-refractivity contribution in [3.8, 4) is 34.1 Å². The molecule has 6 aromatic rings. The lowest BCUT2D eigenvalue weighted by Crippen LogP contribution is -2.23. The largest absolute Gasteiger partial charge is 0.494 e. The van der Waals surface area contributed by atoms with Crippen LogP contribution in [0.25, 0.3) is 39.4 Å². The molecule has 0 aliphatic heterocycles. The molecule has 0 saturated carbocycles. The minimum Gasteiger partial charge on any atom is -0.494 e. The van der Waals surface area contributed by atoms with Crippen LogP contribution in [0.15, 0.2) is 89.9 Å². The van der Waals surface area contributed by atoms with Crippen LogP contribution in [-0.2, 0) is 0 Å². The van der Waals surface area contributed by atoms with Crippen molar-refractivity contribution in [2.24, 2.45) is 0 Å². The molecule has 0 bridgehead atoms. The maximum absolute atomic E-state index is 13.3. The van der Waals surface area contributed by atoms with E-state index in [0.717, 1.165) is 39.4 Å². The molecule has 3 aromatic carbocycles. The number of rotatable bonds is 6. The summed E-state index contributed by atoms with van der Waals surface area (Å²) in [7, 11) is 0. The van der Waals surface area contributed by atoms with Gasteiger partial charge in [-0.15, -0.1) is 5.10 Å². The van der Waals surface area contributed by atoms with Crippen molar-refractivity contribution >= 4 is 22.4 Å². The minimum absolute atomic E-state index is 0.198. The van der Waals surface area contributed by atoms with Gasteiger partial charge in [-0.3, -0.25) is 4.79 Å². The Balaban J connectivity index is 1.46. The smallest absolute Gasteiger partial charge is 0.291 e. The standard InChI is InChI=1S/C29H23N5O2S/c1-3-36-24-14-12-20(13-15-24)26-22(18-33(31-26)23-10-5-4-6-11-23)17-25-28(35)34-29(37-25)30-27(32-34)21-9-7-8-19(2)16-21/h4-18H,3H2,1-2H3/b25-17-. The van der Waals surface area contributed by atoms with Crippen molar-refractivity contribution in [3.63, 3.8) is 0 Å². The fourth-order valence-electron chi connectivity index (χ4n) is 4.19. The average Bonchev–Trinajstić information content (AvgIpc) is 3.61. The monoisotopic (exact) mass is 505 g/mol. The maximum Gasteiger partial charge on any atom is 0.291 e. The molecule has 3 aromatic heterocycles. The minimum atomic E-state index is -0.198. The Bertz CT molecular complexity index is 1820. The highest BCUT2D eigenvalue weighted by molar-refractivity contribution is 7.15. The first-order valence-electron chi connectivity index (χ1n) is 12.0. The van der Waals surface area contributed by atoms with E-state index >= 15 is 0 Å². The number of aromatic nitrogens is 5. The molecule has 37 heavy (non-hydrogen) atoms. The molecule has 0 fully saturated rings. The van der Waals surface area contributed by atoms with Gasteiger partial charge in [-0.2, -0.15) is 14.6 Å². The summed E-state index contributed by atoms with van der Waals surface area (Å²) in [4.78, 5) is 18.5. The highest BCUT2D eigenvalue weighted by atomic mass is 32.1. The zero-order valence-corrected chi connectivity index (χ0v) is 21.1. The van der Waals surface area contributed by atoms with E-state index in [0.29, 0.717) is 21.9 Å². The van der Waals surface area contributed by atoms with Crippen molar-refractivity contribution in [3.05, 3.63) is 111 Å². The van der Waals surface area contributed by atoms with Gasteiger partial charge in [-0.1, -0.05) is 53.3 Å². The van der Waals surface area contributed by atoms with Crippen molar-refractivity contribution in [1.82, 2.24) is 24.4 Å². The van der Waals surface area contributed by atoms with Gasteiger partial charge in [-0.05, 0) is 62.4 Å². The summed E-state index contributed by atoms with van der Waals surface area (Å²) in [6.45, 7) is 4.58. The van der Waals surface area contributed by atoms with Crippen LogP contribution in [0.4, 0.5) is 0 Å². The number of benzene rings is 3. The number of fused-ring (bicyclic) bond motifs is 1. The van der Waals surface area contributed by atoms with Crippen molar-refractivity contribution < 1.29 is 4.74 Å². The summed E-state index contributed by atoms with van der Waals surface area (Å²) in [6, 6.07) is 25.7. The van der Waals surface area contributed by atoms with Crippen LogP contribution in [0.5, 0.6) is 5.75 Å². The Morgan fingerprint density at radius 1 is 0.946 bits per heavy atom. The molecule has 0 spiro atoms. The van der Waals surface area contributed by atoms with E-state index in [9.17, 15) is 4.79 Å². The molecule has 7 nitrogen and oxygen atoms in total. The molecule has 8 heteroatoms. The molecule has 0 aliphatic rings. The van der Waals surface area contributed by atoms with Crippen LogP contribution >= 0.6 is 11.3 Å². The van der Waals surface area contributed by atoms with Crippen molar-refractivity contribution in [2.75, 3.05) is 6.61 Å². The van der Waals surface area contributed by atoms with Gasteiger partial charge >= 0.3 is 0 Å². The molecular weight excluding hydrogens is 482 g/mol. The lowest BCUT2D eigenvalue weighted by molar-refractivity contribution is 0.340. The topological polar surface area (TPSA) is 74.3 Å². The van der Waals surface area contributed by atoms with E-state index in [1.165, 1.54) is 15.9 Å². The zero-order valence-electron chi connectivity index (χ0n) is 20.3. The highest BCUT2D eigenvalue weighted by Gasteiger charge is 2.15.